The molecular weight excluding hydrogens is 380 g/mol. The number of hydrogen-bond acceptors (Lipinski definition) is 5. The van der Waals surface area contributed by atoms with Crippen LogP contribution in [0.25, 0.3) is 0 Å². The first kappa shape index (κ1) is 22.4. The molecule has 2 aliphatic rings. The van der Waals surface area contributed by atoms with Crippen LogP contribution in [0.3, 0.4) is 0 Å². The molecule has 1 aromatic rings. The standard InChI is InChI=1S/C23H36N4O3/c1-23(2,3)30-22(29)25(4)17-18-8-10-19(11-9-18)21(28)27-15-13-26(14-16-27)20-7-5-6-12-24-20/h5-7,12,18-19H,8-11,13-17H2,1-4H3/t18-,19-. The van der Waals surface area contributed by atoms with Crippen molar-refractivity contribution in [1.82, 2.24) is 14.8 Å². The first-order valence-electron chi connectivity index (χ1n) is 11.1. The summed E-state index contributed by atoms with van der Waals surface area (Å²) in [6.45, 7) is 9.52. The first-order chi connectivity index (χ1) is 14.2. The third-order valence-corrected chi connectivity index (χ3v) is 6.00. The van der Waals surface area contributed by atoms with E-state index >= 15 is 0 Å². The summed E-state index contributed by atoms with van der Waals surface area (Å²) in [5.74, 6) is 1.84. The van der Waals surface area contributed by atoms with Crippen LogP contribution < -0.4 is 4.90 Å². The molecule has 30 heavy (non-hydrogen) atoms. The first-order valence-corrected chi connectivity index (χ1v) is 11.1. The molecule has 1 aliphatic heterocycles. The minimum Gasteiger partial charge on any atom is -0.444 e. The summed E-state index contributed by atoms with van der Waals surface area (Å²) in [7, 11) is 1.80. The fraction of sp³-hybridized carbons (Fsp3) is 0.696. The van der Waals surface area contributed by atoms with Crippen LogP contribution in [0.15, 0.2) is 24.4 Å². The summed E-state index contributed by atoms with van der Waals surface area (Å²) in [6.07, 6.45) is 5.32. The molecule has 0 unspecified atom stereocenters. The highest BCUT2D eigenvalue weighted by Gasteiger charge is 2.32. The summed E-state index contributed by atoms with van der Waals surface area (Å²) in [5, 5.41) is 0. The lowest BCUT2D eigenvalue weighted by Gasteiger charge is -2.38. The second-order valence-electron chi connectivity index (χ2n) is 9.58. The summed E-state index contributed by atoms with van der Waals surface area (Å²) in [6, 6.07) is 5.94. The molecule has 1 saturated heterocycles. The zero-order valence-electron chi connectivity index (χ0n) is 18.8. The average Bonchev–Trinajstić information content (AvgIpc) is 2.73. The lowest BCUT2D eigenvalue weighted by Crippen LogP contribution is -2.51. The van der Waals surface area contributed by atoms with Crippen LogP contribution in [-0.2, 0) is 9.53 Å². The molecule has 0 atom stereocenters. The summed E-state index contributed by atoms with van der Waals surface area (Å²) in [5.41, 5.74) is -0.476. The van der Waals surface area contributed by atoms with E-state index in [0.717, 1.165) is 57.7 Å². The Labute approximate surface area is 180 Å². The molecule has 0 spiro atoms. The maximum Gasteiger partial charge on any atom is 0.410 e. The fourth-order valence-corrected chi connectivity index (χ4v) is 4.35. The Balaban J connectivity index is 1.41. The fourth-order valence-electron chi connectivity index (χ4n) is 4.35. The van der Waals surface area contributed by atoms with Crippen molar-refractivity contribution in [2.75, 3.05) is 44.7 Å². The second-order valence-corrected chi connectivity index (χ2v) is 9.58. The lowest BCUT2D eigenvalue weighted by molar-refractivity contribution is -0.137. The Morgan fingerprint density at radius 1 is 1.10 bits per heavy atom. The number of amides is 2. The molecule has 166 valence electrons. The molecular formula is C23H36N4O3. The summed E-state index contributed by atoms with van der Waals surface area (Å²) >= 11 is 0. The largest absolute Gasteiger partial charge is 0.444 e. The van der Waals surface area contributed by atoms with Gasteiger partial charge in [-0.25, -0.2) is 9.78 Å². The van der Waals surface area contributed by atoms with E-state index in [1.54, 1.807) is 11.9 Å². The topological polar surface area (TPSA) is 66.0 Å². The monoisotopic (exact) mass is 416 g/mol. The van der Waals surface area contributed by atoms with Crippen molar-refractivity contribution < 1.29 is 14.3 Å². The van der Waals surface area contributed by atoms with Gasteiger partial charge in [0.15, 0.2) is 0 Å². The zero-order valence-corrected chi connectivity index (χ0v) is 18.8. The smallest absolute Gasteiger partial charge is 0.410 e. The Morgan fingerprint density at radius 2 is 1.77 bits per heavy atom. The molecule has 7 nitrogen and oxygen atoms in total. The molecule has 2 heterocycles. The summed E-state index contributed by atoms with van der Waals surface area (Å²) < 4.78 is 5.44. The van der Waals surface area contributed by atoms with Gasteiger partial charge in [0.1, 0.15) is 11.4 Å². The van der Waals surface area contributed by atoms with Gasteiger partial charge in [0, 0.05) is 51.9 Å². The van der Waals surface area contributed by atoms with Crippen LogP contribution in [-0.4, -0.2) is 72.2 Å². The van der Waals surface area contributed by atoms with Crippen molar-refractivity contribution in [2.24, 2.45) is 11.8 Å². The number of ether oxygens (including phenoxy) is 1. The van der Waals surface area contributed by atoms with E-state index in [2.05, 4.69) is 9.88 Å². The number of pyridine rings is 1. The molecule has 1 aromatic heterocycles. The van der Waals surface area contributed by atoms with Gasteiger partial charge >= 0.3 is 6.09 Å². The number of carbonyl (C=O) groups excluding carboxylic acids is 2. The predicted molar refractivity (Wildman–Crippen MR) is 117 cm³/mol. The molecule has 2 amide bonds. The number of carbonyl (C=O) groups is 2. The Hall–Kier alpha value is -2.31. The third-order valence-electron chi connectivity index (χ3n) is 6.00. The van der Waals surface area contributed by atoms with Gasteiger partial charge in [0.25, 0.3) is 0 Å². The van der Waals surface area contributed by atoms with Crippen LogP contribution in [0, 0.1) is 11.8 Å². The molecule has 7 heteroatoms. The van der Waals surface area contributed by atoms with Crippen molar-refractivity contribution in [3.05, 3.63) is 24.4 Å². The Morgan fingerprint density at radius 3 is 2.33 bits per heavy atom. The van der Waals surface area contributed by atoms with E-state index in [0.29, 0.717) is 18.4 Å². The summed E-state index contributed by atoms with van der Waals surface area (Å²) in [4.78, 5) is 35.5. The van der Waals surface area contributed by atoms with Crippen LogP contribution in [0.4, 0.5) is 10.6 Å². The van der Waals surface area contributed by atoms with Gasteiger partial charge in [0.05, 0.1) is 0 Å². The van der Waals surface area contributed by atoms with Gasteiger partial charge in [-0.2, -0.15) is 0 Å². The number of hydrogen-bond donors (Lipinski definition) is 0. The minimum atomic E-state index is -0.476. The molecule has 0 aromatic carbocycles. The van der Waals surface area contributed by atoms with Gasteiger partial charge in [-0.05, 0) is 64.5 Å². The third kappa shape index (κ3) is 6.09. The molecule has 0 N–H and O–H groups in total. The predicted octanol–water partition coefficient (Wildman–Crippen LogP) is 3.40. The van der Waals surface area contributed by atoms with Gasteiger partial charge < -0.3 is 19.4 Å². The number of rotatable bonds is 4. The van der Waals surface area contributed by atoms with Crippen molar-refractivity contribution in [1.29, 1.82) is 0 Å². The number of piperazine rings is 1. The van der Waals surface area contributed by atoms with Crippen LogP contribution in [0.1, 0.15) is 46.5 Å². The van der Waals surface area contributed by atoms with E-state index in [-0.39, 0.29) is 12.0 Å². The van der Waals surface area contributed by atoms with Crippen molar-refractivity contribution in [3.63, 3.8) is 0 Å². The van der Waals surface area contributed by atoms with Crippen LogP contribution in [0.5, 0.6) is 0 Å². The highest BCUT2D eigenvalue weighted by molar-refractivity contribution is 5.79. The van der Waals surface area contributed by atoms with E-state index in [1.165, 1.54) is 0 Å². The van der Waals surface area contributed by atoms with Gasteiger partial charge in [-0.15, -0.1) is 0 Å². The highest BCUT2D eigenvalue weighted by Crippen LogP contribution is 2.31. The second kappa shape index (κ2) is 9.67. The average molecular weight is 417 g/mol. The number of nitrogens with zero attached hydrogens (tertiary/aromatic N) is 4. The quantitative estimate of drug-likeness (QED) is 0.753. The lowest BCUT2D eigenvalue weighted by atomic mass is 9.81. The normalized spacial score (nSPS) is 22.5. The van der Waals surface area contributed by atoms with Crippen molar-refractivity contribution in [3.8, 4) is 0 Å². The maximum absolute atomic E-state index is 13.0. The molecule has 0 radical (unpaired) electrons. The molecule has 0 bridgehead atoms. The number of anilines is 1. The van der Waals surface area contributed by atoms with Gasteiger partial charge in [0.2, 0.25) is 5.91 Å². The van der Waals surface area contributed by atoms with Crippen molar-refractivity contribution in [2.45, 2.75) is 52.1 Å². The minimum absolute atomic E-state index is 0.120. The van der Waals surface area contributed by atoms with Crippen LogP contribution >= 0.6 is 0 Å². The maximum atomic E-state index is 13.0. The molecule has 3 rings (SSSR count). The molecule has 2 fully saturated rings. The van der Waals surface area contributed by atoms with E-state index in [9.17, 15) is 9.59 Å². The van der Waals surface area contributed by atoms with E-state index in [1.807, 2.05) is 50.1 Å². The molecule has 1 aliphatic carbocycles. The van der Waals surface area contributed by atoms with E-state index < -0.39 is 5.60 Å². The molecule has 1 saturated carbocycles. The number of aromatic nitrogens is 1. The van der Waals surface area contributed by atoms with Gasteiger partial charge in [-0.1, -0.05) is 6.07 Å². The van der Waals surface area contributed by atoms with E-state index in [4.69, 9.17) is 4.74 Å². The SMILES string of the molecule is CN(C[C@H]1CC[C@H](C(=O)N2CCN(c3ccccn3)CC2)CC1)C(=O)OC(C)(C)C. The zero-order chi connectivity index (χ0) is 21.7. The van der Waals surface area contributed by atoms with Crippen molar-refractivity contribution >= 4 is 17.8 Å². The highest BCUT2D eigenvalue weighted by atomic mass is 16.6. The van der Waals surface area contributed by atoms with Crippen LogP contribution in [0.2, 0.25) is 0 Å². The Kier molecular flexibility index (Phi) is 7.21. The Bertz CT molecular complexity index is 703. The van der Waals surface area contributed by atoms with Gasteiger partial charge in [-0.3, -0.25) is 4.79 Å².